The second kappa shape index (κ2) is 4.17. The van der Waals surface area contributed by atoms with Gasteiger partial charge in [0.1, 0.15) is 5.75 Å². The summed E-state index contributed by atoms with van der Waals surface area (Å²) in [4.78, 5) is 12.1. The van der Waals surface area contributed by atoms with Crippen molar-refractivity contribution >= 4 is 5.97 Å². The summed E-state index contributed by atoms with van der Waals surface area (Å²) in [7, 11) is 0. The molecule has 3 rings (SSSR count). The number of para-hydroxylation sites is 1. The molecule has 1 aliphatic carbocycles. The molecule has 1 fully saturated rings. The number of carbonyl (C=O) groups is 1. The van der Waals surface area contributed by atoms with Crippen LogP contribution in [0, 0.1) is 11.8 Å². The SMILES string of the molecule is CC1c2ccccc2OC(=O)C2CCCCC21. The number of hydrogen-bond donors (Lipinski definition) is 0. The zero-order valence-electron chi connectivity index (χ0n) is 10.2. The minimum absolute atomic E-state index is 0.00787. The third-order valence-corrected chi connectivity index (χ3v) is 4.38. The fraction of sp³-hybridized carbons (Fsp3) is 0.533. The molecule has 1 aliphatic heterocycles. The molecule has 17 heavy (non-hydrogen) atoms. The molecule has 0 spiro atoms. The standard InChI is InChI=1S/C15H18O2/c1-10-11-6-2-3-8-13(11)15(16)17-14-9-5-4-7-12(10)14/h4-5,7,9-11,13H,2-3,6,8H2,1H3. The first kappa shape index (κ1) is 10.8. The Hall–Kier alpha value is -1.31. The average Bonchev–Trinajstić information content (AvgIpc) is 2.48. The van der Waals surface area contributed by atoms with Crippen molar-refractivity contribution in [2.45, 2.75) is 38.5 Å². The Morgan fingerprint density at radius 2 is 1.94 bits per heavy atom. The van der Waals surface area contributed by atoms with E-state index in [-0.39, 0.29) is 11.9 Å². The van der Waals surface area contributed by atoms with E-state index in [1.807, 2.05) is 18.2 Å². The number of hydrogen-bond acceptors (Lipinski definition) is 2. The van der Waals surface area contributed by atoms with Crippen LogP contribution in [-0.2, 0) is 4.79 Å². The number of rotatable bonds is 0. The van der Waals surface area contributed by atoms with Gasteiger partial charge in [0.2, 0.25) is 0 Å². The van der Waals surface area contributed by atoms with Gasteiger partial charge < -0.3 is 4.74 Å². The van der Waals surface area contributed by atoms with Gasteiger partial charge in [-0.1, -0.05) is 38.0 Å². The van der Waals surface area contributed by atoms with Crippen LogP contribution in [0.25, 0.3) is 0 Å². The average molecular weight is 230 g/mol. The first-order chi connectivity index (χ1) is 8.27. The van der Waals surface area contributed by atoms with Crippen molar-refractivity contribution in [1.82, 2.24) is 0 Å². The van der Waals surface area contributed by atoms with Gasteiger partial charge in [-0.15, -0.1) is 0 Å². The quantitative estimate of drug-likeness (QED) is 0.503. The van der Waals surface area contributed by atoms with Gasteiger partial charge >= 0.3 is 5.97 Å². The van der Waals surface area contributed by atoms with E-state index >= 15 is 0 Å². The van der Waals surface area contributed by atoms with Crippen molar-refractivity contribution in [3.63, 3.8) is 0 Å². The van der Waals surface area contributed by atoms with Crippen LogP contribution < -0.4 is 4.74 Å². The fourth-order valence-corrected chi connectivity index (χ4v) is 3.42. The zero-order valence-corrected chi connectivity index (χ0v) is 10.2. The van der Waals surface area contributed by atoms with Crippen LogP contribution in [0.1, 0.15) is 44.1 Å². The van der Waals surface area contributed by atoms with Crippen LogP contribution in [0.15, 0.2) is 24.3 Å². The lowest BCUT2D eigenvalue weighted by Crippen LogP contribution is -2.30. The third kappa shape index (κ3) is 1.76. The fourth-order valence-electron chi connectivity index (χ4n) is 3.42. The normalized spacial score (nSPS) is 32.1. The molecule has 0 N–H and O–H groups in total. The third-order valence-electron chi connectivity index (χ3n) is 4.38. The molecule has 1 heterocycles. The number of ether oxygens (including phenoxy) is 1. The van der Waals surface area contributed by atoms with Gasteiger partial charge in [-0.2, -0.15) is 0 Å². The summed E-state index contributed by atoms with van der Waals surface area (Å²) in [6, 6.07) is 7.99. The summed E-state index contributed by atoms with van der Waals surface area (Å²) in [6.45, 7) is 2.24. The predicted octanol–water partition coefficient (Wildman–Crippen LogP) is 3.52. The Balaban J connectivity index is 2.04. The van der Waals surface area contributed by atoms with E-state index in [0.717, 1.165) is 18.6 Å². The van der Waals surface area contributed by atoms with E-state index in [0.29, 0.717) is 11.8 Å². The van der Waals surface area contributed by atoms with Gasteiger partial charge in [0.15, 0.2) is 0 Å². The summed E-state index contributed by atoms with van der Waals surface area (Å²) in [5.74, 6) is 1.79. The zero-order chi connectivity index (χ0) is 11.8. The van der Waals surface area contributed by atoms with E-state index in [2.05, 4.69) is 13.0 Å². The molecule has 2 heteroatoms. The summed E-state index contributed by atoms with van der Waals surface area (Å²) in [5.41, 5.74) is 1.20. The number of esters is 1. The molecule has 0 aromatic heterocycles. The highest BCUT2D eigenvalue weighted by atomic mass is 16.5. The van der Waals surface area contributed by atoms with Crippen molar-refractivity contribution in [3.8, 4) is 5.75 Å². The summed E-state index contributed by atoms with van der Waals surface area (Å²) < 4.78 is 5.56. The highest BCUT2D eigenvalue weighted by molar-refractivity contribution is 5.77. The predicted molar refractivity (Wildman–Crippen MR) is 65.9 cm³/mol. The monoisotopic (exact) mass is 230 g/mol. The largest absolute Gasteiger partial charge is 0.426 e. The van der Waals surface area contributed by atoms with E-state index in [9.17, 15) is 4.79 Å². The minimum Gasteiger partial charge on any atom is -0.426 e. The van der Waals surface area contributed by atoms with E-state index in [1.54, 1.807) is 0 Å². The summed E-state index contributed by atoms with van der Waals surface area (Å²) in [5, 5.41) is 0. The molecule has 0 bridgehead atoms. The molecule has 2 aliphatic rings. The molecule has 3 unspecified atom stereocenters. The molecule has 1 saturated carbocycles. The van der Waals surface area contributed by atoms with E-state index in [1.165, 1.54) is 18.4 Å². The molecule has 3 atom stereocenters. The highest BCUT2D eigenvalue weighted by Gasteiger charge is 2.39. The first-order valence-corrected chi connectivity index (χ1v) is 6.58. The first-order valence-electron chi connectivity index (χ1n) is 6.58. The highest BCUT2D eigenvalue weighted by Crippen LogP contribution is 2.45. The Labute approximate surface area is 102 Å². The lowest BCUT2D eigenvalue weighted by molar-refractivity contribution is -0.141. The summed E-state index contributed by atoms with van der Waals surface area (Å²) >= 11 is 0. The van der Waals surface area contributed by atoms with Crippen LogP contribution in [0.2, 0.25) is 0 Å². The van der Waals surface area contributed by atoms with Crippen molar-refractivity contribution in [2.24, 2.45) is 11.8 Å². The van der Waals surface area contributed by atoms with Crippen molar-refractivity contribution in [2.75, 3.05) is 0 Å². The van der Waals surface area contributed by atoms with Gasteiger partial charge in [0.25, 0.3) is 0 Å². The van der Waals surface area contributed by atoms with Crippen molar-refractivity contribution in [3.05, 3.63) is 29.8 Å². The van der Waals surface area contributed by atoms with Crippen LogP contribution in [0.4, 0.5) is 0 Å². The van der Waals surface area contributed by atoms with Crippen LogP contribution in [0.5, 0.6) is 5.75 Å². The molecule has 0 saturated heterocycles. The van der Waals surface area contributed by atoms with Crippen LogP contribution in [-0.4, -0.2) is 5.97 Å². The van der Waals surface area contributed by atoms with Crippen molar-refractivity contribution in [1.29, 1.82) is 0 Å². The molecule has 0 radical (unpaired) electrons. The maximum absolute atomic E-state index is 12.1. The second-order valence-electron chi connectivity index (χ2n) is 5.30. The second-order valence-corrected chi connectivity index (χ2v) is 5.30. The van der Waals surface area contributed by atoms with Gasteiger partial charge in [0, 0.05) is 0 Å². The van der Waals surface area contributed by atoms with Crippen LogP contribution in [0.3, 0.4) is 0 Å². The van der Waals surface area contributed by atoms with Crippen LogP contribution >= 0.6 is 0 Å². The molecular formula is C15H18O2. The molecule has 1 aromatic rings. The molecule has 2 nitrogen and oxygen atoms in total. The van der Waals surface area contributed by atoms with E-state index in [4.69, 9.17) is 4.74 Å². The molecule has 0 amide bonds. The molecule has 1 aromatic carbocycles. The Morgan fingerprint density at radius 3 is 2.82 bits per heavy atom. The van der Waals surface area contributed by atoms with Gasteiger partial charge in [0.05, 0.1) is 5.92 Å². The molecular weight excluding hydrogens is 212 g/mol. The van der Waals surface area contributed by atoms with Gasteiger partial charge in [-0.3, -0.25) is 4.79 Å². The van der Waals surface area contributed by atoms with E-state index < -0.39 is 0 Å². The lowest BCUT2D eigenvalue weighted by atomic mass is 9.71. The maximum atomic E-state index is 12.1. The Morgan fingerprint density at radius 1 is 1.18 bits per heavy atom. The summed E-state index contributed by atoms with van der Waals surface area (Å²) in [6.07, 6.45) is 4.58. The Kier molecular flexibility index (Phi) is 2.65. The number of benzene rings is 1. The topological polar surface area (TPSA) is 26.3 Å². The smallest absolute Gasteiger partial charge is 0.314 e. The number of fused-ring (bicyclic) bond motifs is 2. The molecule has 90 valence electrons. The Bertz CT molecular complexity index is 438. The maximum Gasteiger partial charge on any atom is 0.314 e. The van der Waals surface area contributed by atoms with Gasteiger partial charge in [-0.25, -0.2) is 0 Å². The minimum atomic E-state index is -0.00787. The van der Waals surface area contributed by atoms with Crippen molar-refractivity contribution < 1.29 is 9.53 Å². The lowest BCUT2D eigenvalue weighted by Gasteiger charge is -2.31. The number of carbonyl (C=O) groups excluding carboxylic acids is 1. The van der Waals surface area contributed by atoms with Gasteiger partial charge in [-0.05, 0) is 36.3 Å².